The van der Waals surface area contributed by atoms with E-state index in [1.54, 1.807) is 23.9 Å². The van der Waals surface area contributed by atoms with E-state index in [2.05, 4.69) is 27.5 Å². The molecule has 2 heterocycles. The van der Waals surface area contributed by atoms with Crippen molar-refractivity contribution in [2.24, 2.45) is 10.9 Å². The van der Waals surface area contributed by atoms with E-state index in [4.69, 9.17) is 0 Å². The first-order valence-corrected chi connectivity index (χ1v) is 8.00. The highest BCUT2D eigenvalue weighted by Gasteiger charge is 2.32. The van der Waals surface area contributed by atoms with Crippen molar-refractivity contribution in [1.82, 2.24) is 20.2 Å². The zero-order chi connectivity index (χ0) is 16.4. The van der Waals surface area contributed by atoms with E-state index >= 15 is 0 Å². The predicted molar refractivity (Wildman–Crippen MR) is 86.2 cm³/mol. The lowest BCUT2D eigenvalue weighted by Gasteiger charge is -2.33. The molecule has 1 aromatic rings. The van der Waals surface area contributed by atoms with Crippen LogP contribution in [-0.4, -0.2) is 32.6 Å². The van der Waals surface area contributed by atoms with E-state index in [1.807, 2.05) is 0 Å². The summed E-state index contributed by atoms with van der Waals surface area (Å²) < 4.78 is 1.58. The van der Waals surface area contributed by atoms with Crippen LogP contribution in [0.25, 0.3) is 0 Å². The Kier molecular flexibility index (Phi) is 4.42. The molecule has 1 saturated carbocycles. The molecule has 8 heteroatoms. The minimum Gasteiger partial charge on any atom is -0.349 e. The summed E-state index contributed by atoms with van der Waals surface area (Å²) in [5.41, 5.74) is 0.493. The van der Waals surface area contributed by atoms with Gasteiger partial charge in [-0.2, -0.15) is 0 Å². The molecule has 23 heavy (non-hydrogen) atoms. The zero-order valence-corrected chi connectivity index (χ0v) is 13.4. The Morgan fingerprint density at radius 3 is 2.87 bits per heavy atom. The SMILES string of the molecule is CC1=C([N+](=O)[O-])C(n2ccnc2)=NC(NC2CCCC[C@@H]2C)N1. The molecule has 2 unspecified atom stereocenters. The van der Waals surface area contributed by atoms with E-state index < -0.39 is 4.92 Å². The van der Waals surface area contributed by atoms with E-state index in [-0.39, 0.29) is 12.0 Å². The summed E-state index contributed by atoms with van der Waals surface area (Å²) in [4.78, 5) is 19.5. The van der Waals surface area contributed by atoms with Crippen molar-refractivity contribution in [3.05, 3.63) is 40.2 Å². The fourth-order valence-corrected chi connectivity index (χ4v) is 3.29. The molecule has 1 aromatic heterocycles. The second-order valence-corrected chi connectivity index (χ2v) is 6.24. The molecule has 2 N–H and O–H groups in total. The van der Waals surface area contributed by atoms with Gasteiger partial charge in [0.25, 0.3) is 0 Å². The van der Waals surface area contributed by atoms with Gasteiger partial charge in [0.15, 0.2) is 6.29 Å². The second kappa shape index (κ2) is 6.49. The van der Waals surface area contributed by atoms with Gasteiger partial charge in [-0.15, -0.1) is 0 Å². The summed E-state index contributed by atoms with van der Waals surface area (Å²) in [7, 11) is 0. The summed E-state index contributed by atoms with van der Waals surface area (Å²) in [5.74, 6) is 0.892. The van der Waals surface area contributed by atoms with Gasteiger partial charge >= 0.3 is 5.70 Å². The molecule has 8 nitrogen and oxygen atoms in total. The van der Waals surface area contributed by atoms with Gasteiger partial charge in [0, 0.05) is 18.4 Å². The zero-order valence-electron chi connectivity index (χ0n) is 13.4. The standard InChI is InChI=1S/C15H22N6O2/c1-10-5-3-4-6-12(10)18-15-17-11(2)13(21(22)23)14(19-15)20-8-7-16-9-20/h7-10,12,15,17-18H,3-6H2,1-2H3/t10-,12?,15?/m0/s1. The number of aromatic nitrogens is 2. The van der Waals surface area contributed by atoms with Gasteiger partial charge in [-0.25, -0.2) is 9.98 Å². The molecule has 3 rings (SSSR count). The number of rotatable bonds is 3. The molecule has 1 fully saturated rings. The van der Waals surface area contributed by atoms with Crippen LogP contribution in [0.3, 0.4) is 0 Å². The lowest BCUT2D eigenvalue weighted by Crippen LogP contribution is -2.51. The minimum atomic E-state index is -0.402. The normalized spacial score (nSPS) is 28.3. The van der Waals surface area contributed by atoms with Crippen molar-refractivity contribution in [2.45, 2.75) is 51.9 Å². The van der Waals surface area contributed by atoms with E-state index in [9.17, 15) is 10.1 Å². The Labute approximate surface area is 134 Å². The minimum absolute atomic E-state index is 0.0160. The van der Waals surface area contributed by atoms with Crippen LogP contribution in [0.2, 0.25) is 0 Å². The van der Waals surface area contributed by atoms with Crippen molar-refractivity contribution >= 4 is 5.84 Å². The third-order valence-electron chi connectivity index (χ3n) is 4.59. The number of imidazole rings is 1. The quantitative estimate of drug-likeness (QED) is 0.653. The average Bonchev–Trinajstić information content (AvgIpc) is 3.03. The summed E-state index contributed by atoms with van der Waals surface area (Å²) in [6, 6.07) is 0.374. The fraction of sp³-hybridized carbons (Fsp3) is 0.600. The Morgan fingerprint density at radius 2 is 2.22 bits per heavy atom. The summed E-state index contributed by atoms with van der Waals surface area (Å²) in [6.45, 7) is 3.95. The molecule has 3 atom stereocenters. The molecule has 0 aromatic carbocycles. The van der Waals surface area contributed by atoms with Gasteiger partial charge in [-0.3, -0.25) is 20.0 Å². The van der Waals surface area contributed by atoms with Gasteiger partial charge in [0.05, 0.1) is 10.6 Å². The third-order valence-corrected chi connectivity index (χ3v) is 4.59. The Bertz CT molecular complexity index is 636. The molecule has 1 aliphatic carbocycles. The van der Waals surface area contributed by atoms with E-state index in [0.717, 1.165) is 6.42 Å². The molecule has 0 bridgehead atoms. The number of aliphatic imine (C=N–C) groups is 1. The van der Waals surface area contributed by atoms with Crippen LogP contribution >= 0.6 is 0 Å². The van der Waals surface area contributed by atoms with Crippen LogP contribution < -0.4 is 10.6 Å². The molecule has 1 aliphatic heterocycles. The van der Waals surface area contributed by atoms with Crippen molar-refractivity contribution in [3.63, 3.8) is 0 Å². The van der Waals surface area contributed by atoms with Crippen LogP contribution in [0, 0.1) is 16.0 Å². The van der Waals surface area contributed by atoms with Gasteiger partial charge in [0.2, 0.25) is 5.84 Å². The van der Waals surface area contributed by atoms with Crippen molar-refractivity contribution in [3.8, 4) is 0 Å². The maximum absolute atomic E-state index is 11.4. The monoisotopic (exact) mass is 318 g/mol. The molecule has 0 spiro atoms. The summed E-state index contributed by atoms with van der Waals surface area (Å²) in [6.07, 6.45) is 9.22. The molecular weight excluding hydrogens is 296 g/mol. The smallest absolute Gasteiger partial charge is 0.330 e. The van der Waals surface area contributed by atoms with Crippen LogP contribution in [0.5, 0.6) is 0 Å². The molecule has 0 saturated heterocycles. The molecule has 0 radical (unpaired) electrons. The van der Waals surface area contributed by atoms with E-state index in [1.165, 1.54) is 25.6 Å². The molecule has 2 aliphatic rings. The number of hydrogen-bond donors (Lipinski definition) is 2. The first-order chi connectivity index (χ1) is 11.1. The highest BCUT2D eigenvalue weighted by molar-refractivity contribution is 5.98. The number of hydrogen-bond acceptors (Lipinski definition) is 6. The highest BCUT2D eigenvalue weighted by Crippen LogP contribution is 2.24. The topological polar surface area (TPSA) is 97.4 Å². The Hall–Kier alpha value is -2.22. The largest absolute Gasteiger partial charge is 0.349 e. The first kappa shape index (κ1) is 15.7. The lowest BCUT2D eigenvalue weighted by atomic mass is 9.86. The van der Waals surface area contributed by atoms with Gasteiger partial charge in [-0.1, -0.05) is 19.8 Å². The molecule has 124 valence electrons. The van der Waals surface area contributed by atoms with Gasteiger partial charge in [0.1, 0.15) is 6.33 Å². The molecular formula is C15H22N6O2. The van der Waals surface area contributed by atoms with Gasteiger partial charge in [-0.05, 0) is 25.7 Å². The van der Waals surface area contributed by atoms with Gasteiger partial charge < -0.3 is 5.32 Å². The third kappa shape index (κ3) is 3.26. The second-order valence-electron chi connectivity index (χ2n) is 6.24. The number of nitro groups is 1. The van der Waals surface area contributed by atoms with Crippen LogP contribution in [0.1, 0.15) is 39.5 Å². The van der Waals surface area contributed by atoms with E-state index in [0.29, 0.717) is 23.5 Å². The summed E-state index contributed by atoms with van der Waals surface area (Å²) >= 11 is 0. The van der Waals surface area contributed by atoms with Crippen molar-refractivity contribution < 1.29 is 4.92 Å². The van der Waals surface area contributed by atoms with Crippen LogP contribution in [0.15, 0.2) is 35.1 Å². The lowest BCUT2D eigenvalue weighted by molar-refractivity contribution is -0.417. The maximum Gasteiger partial charge on any atom is 0.330 e. The highest BCUT2D eigenvalue weighted by atomic mass is 16.6. The van der Waals surface area contributed by atoms with Crippen molar-refractivity contribution in [1.29, 1.82) is 0 Å². The van der Waals surface area contributed by atoms with Crippen LogP contribution in [0.4, 0.5) is 0 Å². The number of nitrogens with zero attached hydrogens (tertiary/aromatic N) is 4. The maximum atomic E-state index is 11.4. The molecule has 0 amide bonds. The Balaban J connectivity index is 1.85. The Morgan fingerprint density at radius 1 is 1.43 bits per heavy atom. The fourth-order valence-electron chi connectivity index (χ4n) is 3.29. The van der Waals surface area contributed by atoms with Crippen LogP contribution in [-0.2, 0) is 0 Å². The average molecular weight is 318 g/mol. The first-order valence-electron chi connectivity index (χ1n) is 8.00. The van der Waals surface area contributed by atoms with Crippen molar-refractivity contribution in [2.75, 3.05) is 0 Å². The number of nitrogens with one attached hydrogen (secondary N) is 2. The summed E-state index contributed by atoms with van der Waals surface area (Å²) in [5, 5.41) is 18.0. The number of allylic oxidation sites excluding steroid dienone is 2. The predicted octanol–water partition coefficient (Wildman–Crippen LogP) is 1.69.